The van der Waals surface area contributed by atoms with E-state index < -0.39 is 6.10 Å². The molecule has 0 aliphatic heterocycles. The van der Waals surface area contributed by atoms with E-state index in [2.05, 4.69) is 10.6 Å². The highest BCUT2D eigenvalue weighted by Crippen LogP contribution is 2.19. The Morgan fingerprint density at radius 2 is 2.32 bits per heavy atom. The number of aliphatic hydroxyl groups excluding tert-OH is 1. The first kappa shape index (κ1) is 13.8. The van der Waals surface area contributed by atoms with Gasteiger partial charge in [0.25, 0.3) is 0 Å². The molecule has 1 aromatic rings. The minimum Gasteiger partial charge on any atom is -0.497 e. The molecule has 3 N–H and O–H groups in total. The van der Waals surface area contributed by atoms with Crippen LogP contribution in [0.4, 0.5) is 0 Å². The second kappa shape index (κ2) is 6.54. The molecule has 1 atom stereocenters. The summed E-state index contributed by atoms with van der Waals surface area (Å²) in [5, 5.41) is 15.8. The average molecular weight is 264 g/mol. The SMILES string of the molecule is COc1cccc(C(O)CNCC(=O)NC2CC2)c1. The van der Waals surface area contributed by atoms with Gasteiger partial charge in [-0.2, -0.15) is 0 Å². The standard InChI is InChI=1S/C14H20N2O3/c1-19-12-4-2-3-10(7-12)13(17)8-15-9-14(18)16-11-5-6-11/h2-4,7,11,13,15,17H,5-6,8-9H2,1H3,(H,16,18). The molecule has 1 saturated carbocycles. The third kappa shape index (κ3) is 4.54. The van der Waals surface area contributed by atoms with Crippen molar-refractivity contribution in [2.45, 2.75) is 25.0 Å². The number of hydrogen-bond donors (Lipinski definition) is 3. The van der Waals surface area contributed by atoms with Gasteiger partial charge in [0.15, 0.2) is 0 Å². The number of rotatable bonds is 7. The maximum atomic E-state index is 11.4. The summed E-state index contributed by atoms with van der Waals surface area (Å²) >= 11 is 0. The maximum absolute atomic E-state index is 11.4. The number of ether oxygens (including phenoxy) is 1. The summed E-state index contributed by atoms with van der Waals surface area (Å²) in [6.45, 7) is 0.572. The molecule has 5 heteroatoms. The molecule has 0 heterocycles. The smallest absolute Gasteiger partial charge is 0.234 e. The molecule has 1 fully saturated rings. The number of carbonyl (C=O) groups excluding carboxylic acids is 1. The zero-order chi connectivity index (χ0) is 13.7. The Balaban J connectivity index is 1.73. The summed E-state index contributed by atoms with van der Waals surface area (Å²) in [5.41, 5.74) is 0.773. The second-order valence-electron chi connectivity index (χ2n) is 4.77. The van der Waals surface area contributed by atoms with Crippen molar-refractivity contribution in [3.63, 3.8) is 0 Å². The molecule has 1 unspecified atom stereocenters. The molecule has 0 bridgehead atoms. The summed E-state index contributed by atoms with van der Waals surface area (Å²) in [4.78, 5) is 11.4. The summed E-state index contributed by atoms with van der Waals surface area (Å²) in [7, 11) is 1.59. The van der Waals surface area contributed by atoms with Crippen LogP contribution in [-0.4, -0.2) is 37.3 Å². The van der Waals surface area contributed by atoms with E-state index >= 15 is 0 Å². The predicted molar refractivity (Wildman–Crippen MR) is 72.0 cm³/mol. The van der Waals surface area contributed by atoms with Gasteiger partial charge in [0.2, 0.25) is 5.91 Å². The number of nitrogens with one attached hydrogen (secondary N) is 2. The van der Waals surface area contributed by atoms with Gasteiger partial charge < -0.3 is 20.5 Å². The Morgan fingerprint density at radius 3 is 3.00 bits per heavy atom. The van der Waals surface area contributed by atoms with Crippen LogP contribution in [0.2, 0.25) is 0 Å². The van der Waals surface area contributed by atoms with Crippen LogP contribution in [-0.2, 0) is 4.79 Å². The monoisotopic (exact) mass is 264 g/mol. The van der Waals surface area contributed by atoms with Crippen molar-refractivity contribution in [1.29, 1.82) is 0 Å². The number of aliphatic hydroxyl groups is 1. The molecule has 1 aliphatic rings. The molecule has 0 aromatic heterocycles. The van der Waals surface area contributed by atoms with Crippen LogP contribution in [0.3, 0.4) is 0 Å². The van der Waals surface area contributed by atoms with Crippen molar-refractivity contribution in [1.82, 2.24) is 10.6 Å². The van der Waals surface area contributed by atoms with Crippen molar-refractivity contribution in [3.8, 4) is 5.75 Å². The van der Waals surface area contributed by atoms with E-state index in [0.29, 0.717) is 18.3 Å². The first-order chi connectivity index (χ1) is 9.19. The van der Waals surface area contributed by atoms with Crippen LogP contribution in [0, 0.1) is 0 Å². The van der Waals surface area contributed by atoms with E-state index in [9.17, 15) is 9.90 Å². The molecule has 5 nitrogen and oxygen atoms in total. The third-order valence-electron chi connectivity index (χ3n) is 3.04. The van der Waals surface area contributed by atoms with Gasteiger partial charge in [-0.3, -0.25) is 4.79 Å². The van der Waals surface area contributed by atoms with E-state index in [0.717, 1.165) is 18.4 Å². The van der Waals surface area contributed by atoms with Gasteiger partial charge in [-0.15, -0.1) is 0 Å². The number of hydrogen-bond acceptors (Lipinski definition) is 4. The molecule has 104 valence electrons. The lowest BCUT2D eigenvalue weighted by Crippen LogP contribution is -2.36. The van der Waals surface area contributed by atoms with Gasteiger partial charge in [0.05, 0.1) is 19.8 Å². The number of amides is 1. The highest BCUT2D eigenvalue weighted by Gasteiger charge is 2.22. The van der Waals surface area contributed by atoms with E-state index in [1.165, 1.54) is 0 Å². The van der Waals surface area contributed by atoms with E-state index in [1.54, 1.807) is 13.2 Å². The van der Waals surface area contributed by atoms with Crippen molar-refractivity contribution >= 4 is 5.91 Å². The van der Waals surface area contributed by atoms with Gasteiger partial charge >= 0.3 is 0 Å². The zero-order valence-corrected chi connectivity index (χ0v) is 11.1. The summed E-state index contributed by atoms with van der Waals surface area (Å²) in [6.07, 6.45) is 1.51. The van der Waals surface area contributed by atoms with Gasteiger partial charge in [-0.05, 0) is 30.5 Å². The van der Waals surface area contributed by atoms with Crippen LogP contribution < -0.4 is 15.4 Å². The Kier molecular flexibility index (Phi) is 4.76. The molecule has 1 aromatic carbocycles. The summed E-state index contributed by atoms with van der Waals surface area (Å²) in [6, 6.07) is 7.65. The van der Waals surface area contributed by atoms with E-state index in [1.807, 2.05) is 18.2 Å². The molecule has 19 heavy (non-hydrogen) atoms. The third-order valence-corrected chi connectivity index (χ3v) is 3.04. The first-order valence-corrected chi connectivity index (χ1v) is 6.51. The molecule has 0 saturated heterocycles. The summed E-state index contributed by atoms with van der Waals surface area (Å²) in [5.74, 6) is 0.698. The lowest BCUT2D eigenvalue weighted by atomic mass is 10.1. The largest absolute Gasteiger partial charge is 0.497 e. The van der Waals surface area contributed by atoms with Crippen molar-refractivity contribution in [2.75, 3.05) is 20.2 Å². The van der Waals surface area contributed by atoms with Crippen molar-refractivity contribution < 1.29 is 14.6 Å². The quantitative estimate of drug-likeness (QED) is 0.674. The zero-order valence-electron chi connectivity index (χ0n) is 11.1. The Morgan fingerprint density at radius 1 is 1.53 bits per heavy atom. The molecule has 1 aliphatic carbocycles. The highest BCUT2D eigenvalue weighted by molar-refractivity contribution is 5.78. The fraction of sp³-hybridized carbons (Fsp3) is 0.500. The maximum Gasteiger partial charge on any atom is 0.234 e. The van der Waals surface area contributed by atoms with Crippen molar-refractivity contribution in [2.24, 2.45) is 0 Å². The lowest BCUT2D eigenvalue weighted by molar-refractivity contribution is -0.120. The van der Waals surface area contributed by atoms with Crippen molar-refractivity contribution in [3.05, 3.63) is 29.8 Å². The molecule has 0 radical (unpaired) electrons. The second-order valence-corrected chi connectivity index (χ2v) is 4.77. The molecular formula is C14H20N2O3. The van der Waals surface area contributed by atoms with E-state index in [4.69, 9.17) is 4.74 Å². The normalized spacial score (nSPS) is 15.9. The predicted octanol–water partition coefficient (Wildman–Crippen LogP) is 0.597. The minimum absolute atomic E-state index is 0.0136. The van der Waals surface area contributed by atoms with E-state index in [-0.39, 0.29) is 12.5 Å². The molecule has 2 rings (SSSR count). The first-order valence-electron chi connectivity index (χ1n) is 6.51. The van der Waals surface area contributed by atoms with Gasteiger partial charge in [-0.25, -0.2) is 0 Å². The number of benzene rings is 1. The Labute approximate surface area is 113 Å². The van der Waals surface area contributed by atoms with Gasteiger partial charge in [0.1, 0.15) is 5.75 Å². The van der Waals surface area contributed by atoms with Gasteiger partial charge in [-0.1, -0.05) is 12.1 Å². The Hall–Kier alpha value is -1.59. The van der Waals surface area contributed by atoms with Crippen LogP contribution >= 0.6 is 0 Å². The summed E-state index contributed by atoms with van der Waals surface area (Å²) < 4.78 is 5.10. The molecular weight excluding hydrogens is 244 g/mol. The molecule has 0 spiro atoms. The van der Waals surface area contributed by atoms with Crippen LogP contribution in [0.15, 0.2) is 24.3 Å². The van der Waals surface area contributed by atoms with Crippen LogP contribution in [0.5, 0.6) is 5.75 Å². The minimum atomic E-state index is -0.649. The number of methoxy groups -OCH3 is 1. The van der Waals surface area contributed by atoms with Crippen LogP contribution in [0.25, 0.3) is 0 Å². The van der Waals surface area contributed by atoms with Gasteiger partial charge in [0, 0.05) is 12.6 Å². The number of carbonyl (C=O) groups is 1. The van der Waals surface area contributed by atoms with Crippen LogP contribution in [0.1, 0.15) is 24.5 Å². The Bertz CT molecular complexity index is 432. The lowest BCUT2D eigenvalue weighted by Gasteiger charge is -2.13. The fourth-order valence-corrected chi connectivity index (χ4v) is 1.80. The highest BCUT2D eigenvalue weighted by atomic mass is 16.5. The topological polar surface area (TPSA) is 70.6 Å². The average Bonchev–Trinajstić information content (AvgIpc) is 3.22. The molecule has 1 amide bonds. The fourth-order valence-electron chi connectivity index (χ4n) is 1.80.